The molecular weight excluding hydrogens is 196 g/mol. The van der Waals surface area contributed by atoms with Crippen LogP contribution in [0.1, 0.15) is 45.1 Å². The molecule has 1 aromatic rings. The van der Waals surface area contributed by atoms with Crippen LogP contribution in [0.3, 0.4) is 0 Å². The number of anilines is 1. The normalized spacial score (nSPS) is 24.1. The Labute approximate surface area is 98.5 Å². The van der Waals surface area contributed by atoms with E-state index in [1.807, 2.05) is 12.4 Å². The van der Waals surface area contributed by atoms with Crippen LogP contribution >= 0.6 is 0 Å². The molecule has 0 amide bonds. The second kappa shape index (κ2) is 4.44. The van der Waals surface area contributed by atoms with E-state index in [2.05, 4.69) is 37.1 Å². The zero-order valence-electron chi connectivity index (χ0n) is 10.6. The van der Waals surface area contributed by atoms with Crippen LogP contribution in [0, 0.1) is 12.3 Å². The highest BCUT2D eigenvalue weighted by Crippen LogP contribution is 2.37. The van der Waals surface area contributed by atoms with Crippen molar-refractivity contribution in [1.82, 2.24) is 4.98 Å². The largest absolute Gasteiger partial charge is 0.381 e. The van der Waals surface area contributed by atoms with Crippen LogP contribution < -0.4 is 5.32 Å². The molecule has 0 radical (unpaired) electrons. The van der Waals surface area contributed by atoms with Gasteiger partial charge in [-0.1, -0.05) is 26.7 Å². The molecule has 0 saturated heterocycles. The highest BCUT2D eigenvalue weighted by atomic mass is 14.9. The van der Waals surface area contributed by atoms with Gasteiger partial charge in [-0.2, -0.15) is 0 Å². The minimum absolute atomic E-state index is 0.405. The van der Waals surface area contributed by atoms with Crippen LogP contribution in [0.15, 0.2) is 18.5 Å². The summed E-state index contributed by atoms with van der Waals surface area (Å²) in [5, 5.41) is 3.65. The fourth-order valence-electron chi connectivity index (χ4n) is 2.60. The van der Waals surface area contributed by atoms with Gasteiger partial charge in [0, 0.05) is 18.4 Å². The first-order chi connectivity index (χ1) is 7.58. The van der Waals surface area contributed by atoms with Crippen LogP contribution in [-0.2, 0) is 0 Å². The summed E-state index contributed by atoms with van der Waals surface area (Å²) in [5.41, 5.74) is 2.79. The predicted molar refractivity (Wildman–Crippen MR) is 68.6 cm³/mol. The third-order valence-corrected chi connectivity index (χ3v) is 3.72. The maximum atomic E-state index is 4.23. The molecule has 2 heteroatoms. The van der Waals surface area contributed by atoms with Crippen LogP contribution in [0.25, 0.3) is 0 Å². The number of hydrogen-bond donors (Lipinski definition) is 1. The van der Waals surface area contributed by atoms with Gasteiger partial charge in [-0.15, -0.1) is 0 Å². The van der Waals surface area contributed by atoms with Crippen molar-refractivity contribution in [2.75, 3.05) is 5.32 Å². The Kier molecular flexibility index (Phi) is 3.17. The van der Waals surface area contributed by atoms with E-state index >= 15 is 0 Å². The molecule has 2 nitrogen and oxygen atoms in total. The van der Waals surface area contributed by atoms with E-state index < -0.39 is 0 Å². The van der Waals surface area contributed by atoms with E-state index in [1.165, 1.54) is 36.9 Å². The topological polar surface area (TPSA) is 24.9 Å². The predicted octanol–water partition coefficient (Wildman–Crippen LogP) is 3.77. The van der Waals surface area contributed by atoms with E-state index in [4.69, 9.17) is 0 Å². The fraction of sp³-hybridized carbons (Fsp3) is 0.643. The summed E-state index contributed by atoms with van der Waals surface area (Å²) in [4.78, 5) is 4.23. The van der Waals surface area contributed by atoms with Gasteiger partial charge in [-0.25, -0.2) is 0 Å². The molecule has 1 aliphatic rings. The molecule has 16 heavy (non-hydrogen) atoms. The van der Waals surface area contributed by atoms with E-state index in [0.717, 1.165) is 0 Å². The van der Waals surface area contributed by atoms with Crippen LogP contribution in [-0.4, -0.2) is 11.0 Å². The van der Waals surface area contributed by atoms with Crippen LogP contribution in [0.4, 0.5) is 5.69 Å². The molecular formula is C14H22N2. The second-order valence-corrected chi connectivity index (χ2v) is 5.68. The highest BCUT2D eigenvalue weighted by Gasteiger charge is 2.31. The lowest BCUT2D eigenvalue weighted by Crippen LogP contribution is -2.38. The Morgan fingerprint density at radius 1 is 1.31 bits per heavy atom. The number of rotatable bonds is 2. The minimum Gasteiger partial charge on any atom is -0.381 e. The standard InChI is InChI=1S/C14H22N2/c1-11-8-12(10-15-9-11)16-13-6-4-5-7-14(13,2)3/h8-10,13,16H,4-7H2,1-3H3. The summed E-state index contributed by atoms with van der Waals surface area (Å²) in [6.07, 6.45) is 9.15. The van der Waals surface area contributed by atoms with Gasteiger partial charge in [0.05, 0.1) is 5.69 Å². The Hall–Kier alpha value is -1.05. The van der Waals surface area contributed by atoms with E-state index in [-0.39, 0.29) is 0 Å². The molecule has 1 aliphatic carbocycles. The Balaban J connectivity index is 2.08. The van der Waals surface area contributed by atoms with Gasteiger partial charge >= 0.3 is 0 Å². The molecule has 1 fully saturated rings. The SMILES string of the molecule is Cc1cncc(NC2CCCCC2(C)C)c1. The van der Waals surface area contributed by atoms with Crippen LogP contribution in [0.5, 0.6) is 0 Å². The zero-order chi connectivity index (χ0) is 11.6. The summed E-state index contributed by atoms with van der Waals surface area (Å²) in [6, 6.07) is 2.77. The lowest BCUT2D eigenvalue weighted by molar-refractivity contribution is 0.217. The average Bonchev–Trinajstić information content (AvgIpc) is 2.21. The molecule has 2 rings (SSSR count). The summed E-state index contributed by atoms with van der Waals surface area (Å²) in [5.74, 6) is 0. The quantitative estimate of drug-likeness (QED) is 0.817. The fourth-order valence-corrected chi connectivity index (χ4v) is 2.60. The van der Waals surface area contributed by atoms with Gasteiger partial charge in [-0.05, 0) is 36.8 Å². The first kappa shape index (κ1) is 11.4. The summed E-state index contributed by atoms with van der Waals surface area (Å²) in [7, 11) is 0. The third kappa shape index (κ3) is 2.55. The lowest BCUT2D eigenvalue weighted by atomic mass is 9.73. The molecule has 1 heterocycles. The van der Waals surface area contributed by atoms with Gasteiger partial charge in [0.1, 0.15) is 0 Å². The van der Waals surface area contributed by atoms with Gasteiger partial charge in [0.2, 0.25) is 0 Å². The molecule has 1 atom stereocenters. The number of aryl methyl sites for hydroxylation is 1. The van der Waals surface area contributed by atoms with Crippen LogP contribution in [0.2, 0.25) is 0 Å². The van der Waals surface area contributed by atoms with Crippen molar-refractivity contribution in [3.63, 3.8) is 0 Å². The van der Waals surface area contributed by atoms with Crippen molar-refractivity contribution in [3.05, 3.63) is 24.0 Å². The summed E-state index contributed by atoms with van der Waals surface area (Å²) in [6.45, 7) is 6.82. The zero-order valence-corrected chi connectivity index (χ0v) is 10.6. The molecule has 0 aromatic carbocycles. The van der Waals surface area contributed by atoms with E-state index in [0.29, 0.717) is 11.5 Å². The molecule has 1 aromatic heterocycles. The van der Waals surface area contributed by atoms with E-state index in [1.54, 1.807) is 0 Å². The third-order valence-electron chi connectivity index (χ3n) is 3.72. The maximum absolute atomic E-state index is 4.23. The minimum atomic E-state index is 0.405. The van der Waals surface area contributed by atoms with Crippen molar-refractivity contribution in [2.24, 2.45) is 5.41 Å². The smallest absolute Gasteiger partial charge is 0.0531 e. The number of hydrogen-bond acceptors (Lipinski definition) is 2. The van der Waals surface area contributed by atoms with Crippen molar-refractivity contribution in [3.8, 4) is 0 Å². The Bertz CT molecular complexity index is 358. The van der Waals surface area contributed by atoms with Crippen molar-refractivity contribution in [1.29, 1.82) is 0 Å². The van der Waals surface area contributed by atoms with Gasteiger partial charge in [-0.3, -0.25) is 4.98 Å². The van der Waals surface area contributed by atoms with Crippen molar-refractivity contribution < 1.29 is 0 Å². The monoisotopic (exact) mass is 218 g/mol. The molecule has 1 saturated carbocycles. The molecule has 0 bridgehead atoms. The molecule has 88 valence electrons. The molecule has 0 aliphatic heterocycles. The number of aromatic nitrogens is 1. The number of nitrogens with zero attached hydrogens (tertiary/aromatic N) is 1. The first-order valence-corrected chi connectivity index (χ1v) is 6.26. The molecule has 0 spiro atoms. The Morgan fingerprint density at radius 2 is 2.12 bits per heavy atom. The maximum Gasteiger partial charge on any atom is 0.0531 e. The molecule has 1 unspecified atom stereocenters. The first-order valence-electron chi connectivity index (χ1n) is 6.26. The van der Waals surface area contributed by atoms with Crippen molar-refractivity contribution in [2.45, 2.75) is 52.5 Å². The van der Waals surface area contributed by atoms with Gasteiger partial charge in [0.15, 0.2) is 0 Å². The summed E-state index contributed by atoms with van der Waals surface area (Å²) < 4.78 is 0. The average molecular weight is 218 g/mol. The highest BCUT2D eigenvalue weighted by molar-refractivity contribution is 5.43. The Morgan fingerprint density at radius 3 is 2.81 bits per heavy atom. The second-order valence-electron chi connectivity index (χ2n) is 5.68. The summed E-state index contributed by atoms with van der Waals surface area (Å²) >= 11 is 0. The van der Waals surface area contributed by atoms with Gasteiger partial charge in [0.25, 0.3) is 0 Å². The lowest BCUT2D eigenvalue weighted by Gasteiger charge is -2.39. The van der Waals surface area contributed by atoms with Gasteiger partial charge < -0.3 is 5.32 Å². The number of nitrogens with one attached hydrogen (secondary N) is 1. The van der Waals surface area contributed by atoms with E-state index in [9.17, 15) is 0 Å². The number of pyridine rings is 1. The molecule has 1 N–H and O–H groups in total. The van der Waals surface area contributed by atoms with Crippen molar-refractivity contribution >= 4 is 5.69 Å².